The van der Waals surface area contributed by atoms with Crippen molar-refractivity contribution in [3.8, 4) is 0 Å². The SMILES string of the molecule is CCC/C(=C\C1=C(C)CC=C1)C(=C1CCC1)c1c(C)n(CC)c2ccccc12. The first-order valence-corrected chi connectivity index (χ1v) is 11.0. The van der Waals surface area contributed by atoms with Gasteiger partial charge in [0, 0.05) is 28.7 Å². The van der Waals surface area contributed by atoms with Crippen LogP contribution < -0.4 is 0 Å². The summed E-state index contributed by atoms with van der Waals surface area (Å²) in [5.41, 5.74) is 12.0. The predicted octanol–water partition coefficient (Wildman–Crippen LogP) is 7.91. The second-order valence-corrected chi connectivity index (χ2v) is 8.32. The van der Waals surface area contributed by atoms with E-state index >= 15 is 0 Å². The summed E-state index contributed by atoms with van der Waals surface area (Å²) in [7, 11) is 0. The molecule has 0 radical (unpaired) electrons. The van der Waals surface area contributed by atoms with Gasteiger partial charge in [0.05, 0.1) is 0 Å². The van der Waals surface area contributed by atoms with Crippen LogP contribution in [0.15, 0.2) is 64.8 Å². The van der Waals surface area contributed by atoms with E-state index in [1.165, 1.54) is 59.0 Å². The molecule has 0 bridgehead atoms. The Hall–Kier alpha value is -2.28. The number of aryl methyl sites for hydroxylation is 1. The van der Waals surface area contributed by atoms with Gasteiger partial charge in [0.2, 0.25) is 0 Å². The van der Waals surface area contributed by atoms with Gasteiger partial charge in [-0.1, -0.05) is 60.9 Å². The second kappa shape index (κ2) is 7.99. The molecular formula is C27H33N. The fourth-order valence-electron chi connectivity index (χ4n) is 4.84. The third-order valence-corrected chi connectivity index (χ3v) is 6.49. The Morgan fingerprint density at radius 1 is 1.11 bits per heavy atom. The van der Waals surface area contributed by atoms with Gasteiger partial charge in [-0.15, -0.1) is 0 Å². The second-order valence-electron chi connectivity index (χ2n) is 8.32. The molecule has 0 atom stereocenters. The van der Waals surface area contributed by atoms with Gasteiger partial charge in [-0.05, 0) is 75.7 Å². The van der Waals surface area contributed by atoms with Gasteiger partial charge in [-0.2, -0.15) is 0 Å². The zero-order valence-corrected chi connectivity index (χ0v) is 17.9. The molecule has 1 aromatic carbocycles. The fourth-order valence-corrected chi connectivity index (χ4v) is 4.84. The maximum absolute atomic E-state index is 2.50. The molecule has 1 heteroatoms. The molecule has 1 aromatic heterocycles. The molecule has 1 nitrogen and oxygen atoms in total. The van der Waals surface area contributed by atoms with Crippen molar-refractivity contribution < 1.29 is 0 Å². The maximum Gasteiger partial charge on any atom is 0.0488 e. The Bertz CT molecular complexity index is 1010. The molecule has 1 saturated carbocycles. The summed E-state index contributed by atoms with van der Waals surface area (Å²) < 4.78 is 2.49. The number of allylic oxidation sites excluding steroid dienone is 8. The first kappa shape index (κ1) is 19.1. The molecule has 1 heterocycles. The highest BCUT2D eigenvalue weighted by molar-refractivity contribution is 6.00. The van der Waals surface area contributed by atoms with Gasteiger partial charge >= 0.3 is 0 Å². The van der Waals surface area contributed by atoms with Gasteiger partial charge < -0.3 is 4.57 Å². The molecular weight excluding hydrogens is 338 g/mol. The lowest BCUT2D eigenvalue weighted by atomic mass is 9.79. The van der Waals surface area contributed by atoms with Crippen LogP contribution in [0, 0.1) is 6.92 Å². The Kier molecular flexibility index (Phi) is 5.44. The van der Waals surface area contributed by atoms with Gasteiger partial charge in [0.15, 0.2) is 0 Å². The highest BCUT2D eigenvalue weighted by Gasteiger charge is 2.24. The predicted molar refractivity (Wildman–Crippen MR) is 123 cm³/mol. The molecule has 2 aliphatic rings. The van der Waals surface area contributed by atoms with E-state index in [1.807, 2.05) is 0 Å². The molecule has 0 unspecified atom stereocenters. The molecule has 2 aliphatic carbocycles. The van der Waals surface area contributed by atoms with Crippen molar-refractivity contribution in [2.24, 2.45) is 0 Å². The lowest BCUT2D eigenvalue weighted by molar-refractivity contribution is 0.664. The monoisotopic (exact) mass is 371 g/mol. The first-order valence-electron chi connectivity index (χ1n) is 11.0. The zero-order valence-electron chi connectivity index (χ0n) is 17.9. The van der Waals surface area contributed by atoms with E-state index in [0.29, 0.717) is 0 Å². The van der Waals surface area contributed by atoms with Crippen LogP contribution in [0.4, 0.5) is 0 Å². The summed E-state index contributed by atoms with van der Waals surface area (Å²) in [4.78, 5) is 0. The number of para-hydroxylation sites is 1. The summed E-state index contributed by atoms with van der Waals surface area (Å²) in [6, 6.07) is 8.98. The van der Waals surface area contributed by atoms with Crippen LogP contribution in [-0.2, 0) is 6.54 Å². The Morgan fingerprint density at radius 2 is 1.89 bits per heavy atom. The van der Waals surface area contributed by atoms with Crippen molar-refractivity contribution in [1.82, 2.24) is 4.57 Å². The Labute approximate surface area is 170 Å². The van der Waals surface area contributed by atoms with Crippen molar-refractivity contribution in [2.75, 3.05) is 0 Å². The minimum absolute atomic E-state index is 1.02. The molecule has 4 rings (SSSR count). The highest BCUT2D eigenvalue weighted by atomic mass is 15.0. The number of benzene rings is 1. The number of nitrogens with zero attached hydrogens (tertiary/aromatic N) is 1. The van der Waals surface area contributed by atoms with Gasteiger partial charge in [0.1, 0.15) is 0 Å². The third-order valence-electron chi connectivity index (χ3n) is 6.49. The summed E-state index contributed by atoms with van der Waals surface area (Å²) in [5.74, 6) is 0. The largest absolute Gasteiger partial charge is 0.345 e. The average Bonchev–Trinajstić information content (AvgIpc) is 3.18. The molecule has 2 aromatic rings. The van der Waals surface area contributed by atoms with Gasteiger partial charge in [-0.3, -0.25) is 0 Å². The van der Waals surface area contributed by atoms with Crippen molar-refractivity contribution in [3.63, 3.8) is 0 Å². The number of fused-ring (bicyclic) bond motifs is 1. The summed E-state index contributed by atoms with van der Waals surface area (Å²) in [6.07, 6.45) is 14.4. The normalized spacial score (nSPS) is 17.0. The van der Waals surface area contributed by atoms with E-state index in [1.54, 1.807) is 16.7 Å². The molecule has 0 N–H and O–H groups in total. The zero-order chi connectivity index (χ0) is 19.7. The van der Waals surface area contributed by atoms with Crippen LogP contribution in [0.1, 0.15) is 70.6 Å². The molecule has 0 aliphatic heterocycles. The number of hydrogen-bond acceptors (Lipinski definition) is 0. The van der Waals surface area contributed by atoms with E-state index < -0.39 is 0 Å². The Morgan fingerprint density at radius 3 is 2.50 bits per heavy atom. The Balaban J connectivity index is 1.97. The quantitative estimate of drug-likeness (QED) is 0.486. The number of aromatic nitrogens is 1. The average molecular weight is 372 g/mol. The number of rotatable bonds is 6. The summed E-state index contributed by atoms with van der Waals surface area (Å²) in [6.45, 7) is 10.2. The molecule has 0 saturated heterocycles. The lowest BCUT2D eigenvalue weighted by Gasteiger charge is -2.25. The fraction of sp³-hybridized carbons (Fsp3) is 0.407. The van der Waals surface area contributed by atoms with Crippen LogP contribution >= 0.6 is 0 Å². The van der Waals surface area contributed by atoms with Crippen molar-refractivity contribution in [1.29, 1.82) is 0 Å². The minimum atomic E-state index is 1.02. The van der Waals surface area contributed by atoms with Crippen LogP contribution in [0.3, 0.4) is 0 Å². The summed E-state index contributed by atoms with van der Waals surface area (Å²) in [5, 5.41) is 1.42. The first-order chi connectivity index (χ1) is 13.7. The highest BCUT2D eigenvalue weighted by Crippen LogP contribution is 2.44. The van der Waals surface area contributed by atoms with Gasteiger partial charge in [0.25, 0.3) is 0 Å². The van der Waals surface area contributed by atoms with E-state index in [4.69, 9.17) is 0 Å². The van der Waals surface area contributed by atoms with E-state index in [0.717, 1.165) is 19.4 Å². The van der Waals surface area contributed by atoms with E-state index in [9.17, 15) is 0 Å². The van der Waals surface area contributed by atoms with Crippen LogP contribution in [0.5, 0.6) is 0 Å². The minimum Gasteiger partial charge on any atom is -0.345 e. The van der Waals surface area contributed by atoms with Crippen LogP contribution in [-0.4, -0.2) is 4.57 Å². The van der Waals surface area contributed by atoms with Crippen molar-refractivity contribution in [3.05, 3.63) is 76.0 Å². The van der Waals surface area contributed by atoms with Crippen LogP contribution in [0.25, 0.3) is 16.5 Å². The molecule has 1 fully saturated rings. The third kappa shape index (κ3) is 3.21. The smallest absolute Gasteiger partial charge is 0.0488 e. The topological polar surface area (TPSA) is 4.93 Å². The molecule has 0 amide bonds. The van der Waals surface area contributed by atoms with Gasteiger partial charge in [-0.25, -0.2) is 0 Å². The lowest BCUT2D eigenvalue weighted by Crippen LogP contribution is -2.06. The van der Waals surface area contributed by atoms with Crippen molar-refractivity contribution >= 4 is 16.5 Å². The standard InChI is InChI=1S/C27H33N/c1-5-11-23(18-22-15-9-12-19(22)3)27(21-13-10-14-21)26-20(4)28(6-2)25-17-8-7-16-24(25)26/h7-9,15-18H,5-6,10-14H2,1-4H3/b23-18+. The van der Waals surface area contributed by atoms with E-state index in [2.05, 4.69) is 74.8 Å². The number of hydrogen-bond donors (Lipinski definition) is 0. The molecule has 146 valence electrons. The van der Waals surface area contributed by atoms with Crippen molar-refractivity contribution in [2.45, 2.75) is 72.8 Å². The van der Waals surface area contributed by atoms with E-state index in [-0.39, 0.29) is 0 Å². The van der Waals surface area contributed by atoms with Crippen LogP contribution in [0.2, 0.25) is 0 Å². The maximum atomic E-state index is 2.50. The molecule has 28 heavy (non-hydrogen) atoms. The molecule has 0 spiro atoms. The summed E-state index contributed by atoms with van der Waals surface area (Å²) >= 11 is 0.